The highest BCUT2D eigenvalue weighted by Crippen LogP contribution is 2.37. The number of carbonyl (C=O) groups is 1. The second kappa shape index (κ2) is 7.37. The molecule has 3 N–H and O–H groups in total. The number of benzene rings is 2. The van der Waals surface area contributed by atoms with Crippen molar-refractivity contribution in [2.45, 2.75) is 6.10 Å². The minimum atomic E-state index is -1.30. The maximum absolute atomic E-state index is 11.6. The Bertz CT molecular complexity index is 954. The fraction of sp³-hybridized carbons (Fsp3) is 0.111. The van der Waals surface area contributed by atoms with Gasteiger partial charge in [-0.25, -0.2) is 4.79 Å². The van der Waals surface area contributed by atoms with E-state index in [4.69, 9.17) is 27.9 Å². The van der Waals surface area contributed by atoms with E-state index in [1.165, 1.54) is 6.07 Å². The number of carboxylic acid groups (broad SMARTS) is 1. The van der Waals surface area contributed by atoms with Crippen LogP contribution in [-0.2, 0) is 0 Å². The van der Waals surface area contributed by atoms with Crippen molar-refractivity contribution in [3.05, 3.63) is 69.3 Å². The van der Waals surface area contributed by atoms with Crippen molar-refractivity contribution in [3.8, 4) is 17.0 Å². The molecule has 1 aromatic heterocycles. The second-order valence-corrected chi connectivity index (χ2v) is 6.31. The van der Waals surface area contributed by atoms with Crippen molar-refractivity contribution >= 4 is 29.2 Å². The van der Waals surface area contributed by atoms with Gasteiger partial charge in [-0.2, -0.15) is 5.10 Å². The minimum Gasteiger partial charge on any atom is -0.497 e. The lowest BCUT2D eigenvalue weighted by Gasteiger charge is -2.15. The van der Waals surface area contributed by atoms with Gasteiger partial charge in [-0.15, -0.1) is 0 Å². The number of aliphatic hydroxyl groups is 1. The third-order valence-corrected chi connectivity index (χ3v) is 4.47. The Morgan fingerprint density at radius 1 is 1.19 bits per heavy atom. The molecule has 8 heteroatoms. The largest absolute Gasteiger partial charge is 0.497 e. The van der Waals surface area contributed by atoms with Crippen LogP contribution in [0.1, 0.15) is 27.7 Å². The third-order valence-electron chi connectivity index (χ3n) is 3.91. The number of halogens is 2. The van der Waals surface area contributed by atoms with Gasteiger partial charge in [-0.3, -0.25) is 5.10 Å². The van der Waals surface area contributed by atoms with Gasteiger partial charge in [0.25, 0.3) is 0 Å². The molecule has 0 aliphatic rings. The van der Waals surface area contributed by atoms with Gasteiger partial charge in [-0.1, -0.05) is 29.3 Å². The summed E-state index contributed by atoms with van der Waals surface area (Å²) in [4.78, 5) is 11.6. The highest BCUT2D eigenvalue weighted by Gasteiger charge is 2.28. The Kier molecular flexibility index (Phi) is 5.18. The van der Waals surface area contributed by atoms with Gasteiger partial charge in [-0.05, 0) is 36.4 Å². The maximum atomic E-state index is 11.6. The summed E-state index contributed by atoms with van der Waals surface area (Å²) >= 11 is 12.1. The maximum Gasteiger partial charge on any atom is 0.354 e. The van der Waals surface area contributed by atoms with E-state index in [1.54, 1.807) is 43.5 Å². The molecule has 6 nitrogen and oxygen atoms in total. The van der Waals surface area contributed by atoms with E-state index in [0.29, 0.717) is 27.6 Å². The summed E-state index contributed by atoms with van der Waals surface area (Å²) in [6.07, 6.45) is -1.30. The first-order valence-corrected chi connectivity index (χ1v) is 8.27. The molecule has 0 radical (unpaired) electrons. The molecule has 3 rings (SSSR count). The number of hydrogen-bond donors (Lipinski definition) is 3. The second-order valence-electron chi connectivity index (χ2n) is 5.46. The average Bonchev–Trinajstić information content (AvgIpc) is 3.06. The number of carboxylic acids is 1. The van der Waals surface area contributed by atoms with E-state index < -0.39 is 12.1 Å². The molecule has 3 aromatic rings. The lowest BCUT2D eigenvalue weighted by atomic mass is 9.96. The van der Waals surface area contributed by atoms with Crippen LogP contribution >= 0.6 is 23.2 Å². The topological polar surface area (TPSA) is 95.4 Å². The zero-order chi connectivity index (χ0) is 18.8. The first kappa shape index (κ1) is 18.3. The van der Waals surface area contributed by atoms with Gasteiger partial charge >= 0.3 is 5.97 Å². The Balaban J connectivity index is 2.14. The molecule has 1 heterocycles. The molecule has 1 atom stereocenters. The van der Waals surface area contributed by atoms with Crippen molar-refractivity contribution in [3.63, 3.8) is 0 Å². The van der Waals surface area contributed by atoms with Crippen LogP contribution in [0.5, 0.6) is 5.75 Å². The summed E-state index contributed by atoms with van der Waals surface area (Å²) in [6, 6.07) is 11.5. The highest BCUT2D eigenvalue weighted by atomic mass is 35.5. The predicted octanol–water partition coefficient (Wildman–Crippen LogP) is 4.17. The molecule has 0 amide bonds. The Labute approximate surface area is 159 Å². The van der Waals surface area contributed by atoms with Crippen molar-refractivity contribution in [1.29, 1.82) is 0 Å². The summed E-state index contributed by atoms with van der Waals surface area (Å²) in [5, 5.41) is 27.5. The number of nitrogens with zero attached hydrogens (tertiary/aromatic N) is 1. The molecule has 0 saturated heterocycles. The van der Waals surface area contributed by atoms with Crippen LogP contribution in [0.25, 0.3) is 11.3 Å². The average molecular weight is 393 g/mol. The van der Waals surface area contributed by atoms with E-state index in [2.05, 4.69) is 10.2 Å². The Morgan fingerprint density at radius 2 is 1.88 bits per heavy atom. The Hall–Kier alpha value is -2.54. The predicted molar refractivity (Wildman–Crippen MR) is 98.1 cm³/mol. The molecule has 0 saturated carbocycles. The van der Waals surface area contributed by atoms with Crippen LogP contribution in [0.2, 0.25) is 10.0 Å². The van der Waals surface area contributed by atoms with E-state index in [9.17, 15) is 15.0 Å². The quantitative estimate of drug-likeness (QED) is 0.605. The van der Waals surface area contributed by atoms with Crippen LogP contribution in [0.4, 0.5) is 0 Å². The molecule has 1 unspecified atom stereocenters. The normalized spacial score (nSPS) is 12.0. The lowest BCUT2D eigenvalue weighted by Crippen LogP contribution is -2.08. The molecule has 0 aliphatic heterocycles. The summed E-state index contributed by atoms with van der Waals surface area (Å²) in [6.45, 7) is 0. The Morgan fingerprint density at radius 3 is 2.46 bits per heavy atom. The zero-order valence-electron chi connectivity index (χ0n) is 13.5. The van der Waals surface area contributed by atoms with Crippen molar-refractivity contribution < 1.29 is 19.7 Å². The number of aromatic amines is 1. The number of hydrogen-bond acceptors (Lipinski definition) is 4. The van der Waals surface area contributed by atoms with Crippen molar-refractivity contribution in [1.82, 2.24) is 10.2 Å². The van der Waals surface area contributed by atoms with E-state index in [0.717, 1.165) is 0 Å². The first-order chi connectivity index (χ1) is 12.4. The number of aromatic nitrogens is 2. The molecule has 0 fully saturated rings. The van der Waals surface area contributed by atoms with Gasteiger partial charge in [0.15, 0.2) is 0 Å². The fourth-order valence-electron chi connectivity index (χ4n) is 2.63. The van der Waals surface area contributed by atoms with Crippen LogP contribution < -0.4 is 4.74 Å². The fourth-order valence-corrected chi connectivity index (χ4v) is 3.14. The van der Waals surface area contributed by atoms with Gasteiger partial charge in [0.1, 0.15) is 17.5 Å². The van der Waals surface area contributed by atoms with E-state index >= 15 is 0 Å². The van der Waals surface area contributed by atoms with Gasteiger partial charge in [0, 0.05) is 26.7 Å². The monoisotopic (exact) mass is 392 g/mol. The van der Waals surface area contributed by atoms with Gasteiger partial charge in [0.2, 0.25) is 0 Å². The van der Waals surface area contributed by atoms with Crippen LogP contribution in [-0.4, -0.2) is 33.5 Å². The minimum absolute atomic E-state index is 0.117. The molecule has 0 spiro atoms. The third kappa shape index (κ3) is 3.39. The molecule has 0 bridgehead atoms. The molecular formula is C18H14Cl2N2O4. The van der Waals surface area contributed by atoms with Crippen LogP contribution in [0.15, 0.2) is 42.5 Å². The SMILES string of the molecule is COc1ccc(-c2n[nH]c(C(=O)O)c2C(O)c2ccc(Cl)cc2Cl)cc1. The van der Waals surface area contributed by atoms with Gasteiger partial charge < -0.3 is 14.9 Å². The van der Waals surface area contributed by atoms with Crippen LogP contribution in [0.3, 0.4) is 0 Å². The van der Waals surface area contributed by atoms with Crippen molar-refractivity contribution in [2.24, 2.45) is 0 Å². The highest BCUT2D eigenvalue weighted by molar-refractivity contribution is 6.35. The first-order valence-electron chi connectivity index (χ1n) is 7.51. The van der Waals surface area contributed by atoms with E-state index in [1.807, 2.05) is 0 Å². The standard InChI is InChI=1S/C18H14Cl2N2O4/c1-26-11-5-2-9(3-6-11)15-14(16(18(24)25)22-21-15)17(23)12-7-4-10(19)8-13(12)20/h2-8,17,23H,1H3,(H,21,22)(H,24,25). The molecule has 134 valence electrons. The summed E-state index contributed by atoms with van der Waals surface area (Å²) in [5.41, 5.74) is 1.16. The summed E-state index contributed by atoms with van der Waals surface area (Å²) < 4.78 is 5.12. The number of ether oxygens (including phenoxy) is 1. The number of rotatable bonds is 5. The van der Waals surface area contributed by atoms with Crippen molar-refractivity contribution in [2.75, 3.05) is 7.11 Å². The number of aliphatic hydroxyl groups excluding tert-OH is 1. The van der Waals surface area contributed by atoms with E-state index in [-0.39, 0.29) is 16.3 Å². The lowest BCUT2D eigenvalue weighted by molar-refractivity contribution is 0.0685. The molecule has 26 heavy (non-hydrogen) atoms. The molecular weight excluding hydrogens is 379 g/mol. The molecule has 2 aromatic carbocycles. The smallest absolute Gasteiger partial charge is 0.354 e. The van der Waals surface area contributed by atoms with Crippen LogP contribution in [0, 0.1) is 0 Å². The number of methoxy groups -OCH3 is 1. The van der Waals surface area contributed by atoms with Gasteiger partial charge in [0.05, 0.1) is 12.8 Å². The number of nitrogens with one attached hydrogen (secondary N) is 1. The number of H-pyrrole nitrogens is 1. The number of aromatic carboxylic acids is 1. The summed E-state index contributed by atoms with van der Waals surface area (Å²) in [7, 11) is 1.55. The zero-order valence-corrected chi connectivity index (χ0v) is 15.0. The summed E-state index contributed by atoms with van der Waals surface area (Å²) in [5.74, 6) is -0.595. The molecule has 0 aliphatic carbocycles.